The average molecular weight is 371 g/mol. The third-order valence-corrected chi connectivity index (χ3v) is 9.59. The third-order valence-electron chi connectivity index (χ3n) is 9.59. The van der Waals surface area contributed by atoms with Crippen LogP contribution in [-0.2, 0) is 0 Å². The minimum Gasteiger partial charge on any atom is -0.393 e. The molecule has 8 atom stereocenters. The first kappa shape index (κ1) is 19.7. The maximum absolute atomic E-state index is 10.2. The van der Waals surface area contributed by atoms with Crippen molar-refractivity contribution in [1.29, 1.82) is 0 Å². The van der Waals surface area contributed by atoms with Crippen LogP contribution in [0.25, 0.3) is 0 Å². The summed E-state index contributed by atoms with van der Waals surface area (Å²) in [6.45, 7) is 12.3. The summed E-state index contributed by atoms with van der Waals surface area (Å²) in [5.74, 6) is 4.91. The number of allylic oxidation sites excluding steroid dienone is 3. The monoisotopic (exact) mass is 370 g/mol. The molecule has 0 unspecified atom stereocenters. The van der Waals surface area contributed by atoms with Crippen molar-refractivity contribution in [3.8, 4) is 0 Å². The van der Waals surface area contributed by atoms with Gasteiger partial charge in [-0.15, -0.1) is 0 Å². The van der Waals surface area contributed by atoms with Gasteiger partial charge in [-0.3, -0.25) is 0 Å². The Kier molecular flexibility index (Phi) is 5.15. The van der Waals surface area contributed by atoms with Gasteiger partial charge in [0.05, 0.1) is 6.10 Å². The van der Waals surface area contributed by atoms with Crippen molar-refractivity contribution in [2.45, 2.75) is 92.1 Å². The number of rotatable bonds is 3. The summed E-state index contributed by atoms with van der Waals surface area (Å²) in [4.78, 5) is 0. The summed E-state index contributed by atoms with van der Waals surface area (Å²) in [5.41, 5.74) is 2.52. The van der Waals surface area contributed by atoms with E-state index in [0.29, 0.717) is 22.7 Å². The van der Waals surface area contributed by atoms with Crippen LogP contribution in [0.5, 0.6) is 0 Å². The lowest BCUT2D eigenvalue weighted by Gasteiger charge is -2.58. The Balaban J connectivity index is 1.57. The predicted octanol–water partition coefficient (Wildman–Crippen LogP) is 6.77. The molecule has 0 spiro atoms. The number of hydrogen-bond donors (Lipinski definition) is 1. The van der Waals surface area contributed by atoms with Gasteiger partial charge in [-0.05, 0) is 97.7 Å². The molecule has 0 radical (unpaired) electrons. The maximum atomic E-state index is 10.2. The molecular formula is C26H42O. The zero-order chi connectivity index (χ0) is 19.4. The van der Waals surface area contributed by atoms with Gasteiger partial charge in [0.1, 0.15) is 0 Å². The zero-order valence-corrected chi connectivity index (χ0v) is 18.4. The van der Waals surface area contributed by atoms with Crippen LogP contribution in [-0.4, -0.2) is 11.2 Å². The average Bonchev–Trinajstić information content (AvgIpc) is 2.97. The van der Waals surface area contributed by atoms with Crippen LogP contribution >= 0.6 is 0 Å². The van der Waals surface area contributed by atoms with Gasteiger partial charge in [0.15, 0.2) is 0 Å². The van der Waals surface area contributed by atoms with Gasteiger partial charge in [-0.2, -0.15) is 0 Å². The minimum atomic E-state index is -0.0841. The van der Waals surface area contributed by atoms with E-state index in [0.717, 1.165) is 36.5 Å². The van der Waals surface area contributed by atoms with Crippen LogP contribution in [0.3, 0.4) is 0 Å². The highest BCUT2D eigenvalue weighted by Crippen LogP contribution is 2.67. The number of hydrogen-bond acceptors (Lipinski definition) is 1. The van der Waals surface area contributed by atoms with Gasteiger partial charge < -0.3 is 5.11 Å². The van der Waals surface area contributed by atoms with Gasteiger partial charge in [0.25, 0.3) is 0 Å². The van der Waals surface area contributed by atoms with Crippen molar-refractivity contribution in [3.63, 3.8) is 0 Å². The lowest BCUT2D eigenvalue weighted by atomic mass is 9.47. The molecule has 27 heavy (non-hydrogen) atoms. The molecule has 1 N–H and O–H groups in total. The van der Waals surface area contributed by atoms with Gasteiger partial charge in [0.2, 0.25) is 0 Å². The minimum absolute atomic E-state index is 0.0841. The Morgan fingerprint density at radius 2 is 1.78 bits per heavy atom. The molecule has 1 heteroatoms. The lowest BCUT2D eigenvalue weighted by molar-refractivity contribution is -0.0540. The van der Waals surface area contributed by atoms with E-state index in [9.17, 15) is 5.11 Å². The van der Waals surface area contributed by atoms with Crippen LogP contribution in [0.15, 0.2) is 23.8 Å². The predicted molar refractivity (Wildman–Crippen MR) is 114 cm³/mol. The molecule has 0 saturated heterocycles. The molecule has 1 nitrogen and oxygen atoms in total. The van der Waals surface area contributed by atoms with Crippen molar-refractivity contribution in [2.75, 3.05) is 0 Å². The highest BCUT2D eigenvalue weighted by molar-refractivity contribution is 5.25. The molecule has 3 saturated carbocycles. The fraction of sp³-hybridized carbons (Fsp3) is 0.846. The van der Waals surface area contributed by atoms with E-state index >= 15 is 0 Å². The molecule has 152 valence electrons. The highest BCUT2D eigenvalue weighted by Gasteiger charge is 2.58. The Labute approximate surface area is 167 Å². The van der Waals surface area contributed by atoms with Crippen LogP contribution in [0.4, 0.5) is 0 Å². The van der Waals surface area contributed by atoms with Crippen molar-refractivity contribution < 1.29 is 5.11 Å². The second kappa shape index (κ2) is 7.05. The molecule has 0 heterocycles. The molecular weight excluding hydrogens is 328 g/mol. The summed E-state index contributed by atoms with van der Waals surface area (Å²) in [7, 11) is 0. The molecule has 0 aromatic carbocycles. The van der Waals surface area contributed by atoms with E-state index in [2.05, 4.69) is 52.8 Å². The van der Waals surface area contributed by atoms with Crippen LogP contribution in [0, 0.1) is 46.3 Å². The van der Waals surface area contributed by atoms with Gasteiger partial charge in [0, 0.05) is 0 Å². The van der Waals surface area contributed by atoms with E-state index in [4.69, 9.17) is 0 Å². The SMILES string of the molecule is CC(C)C=C[C@@H](C)[C@H]1CC[C@H]2[C@@H]3CC=C4C[C@@H](O)CC[C@]4(C)[C@H]3CC[C@]12C. The molecule has 0 aromatic heterocycles. The van der Waals surface area contributed by atoms with Gasteiger partial charge in [-0.1, -0.05) is 58.4 Å². The molecule has 4 aliphatic carbocycles. The van der Waals surface area contributed by atoms with Crippen molar-refractivity contribution in [2.24, 2.45) is 46.3 Å². The second-order valence-corrected chi connectivity index (χ2v) is 11.4. The standard InChI is InChI=1S/C26H42O/c1-17(2)6-7-18(3)22-10-11-23-21-9-8-19-16-20(27)12-14-25(19,4)24(21)13-15-26(22,23)5/h6-8,17-18,20-24,27H,9-16H2,1-5H3/t18-,20+,21+,22-,23+,24+,25+,26-/m1/s1. The zero-order valence-electron chi connectivity index (χ0n) is 18.4. The Bertz CT molecular complexity index is 616. The van der Waals surface area contributed by atoms with Gasteiger partial charge in [-0.25, -0.2) is 0 Å². The molecule has 4 aliphatic rings. The number of aliphatic hydroxyl groups excluding tert-OH is 1. The normalized spacial score (nSPS) is 48.1. The summed E-state index contributed by atoms with van der Waals surface area (Å²) in [6, 6.07) is 0. The first-order valence-electron chi connectivity index (χ1n) is 11.8. The Morgan fingerprint density at radius 1 is 1.00 bits per heavy atom. The molecule has 0 aliphatic heterocycles. The summed E-state index contributed by atoms with van der Waals surface area (Å²) >= 11 is 0. The Morgan fingerprint density at radius 3 is 2.52 bits per heavy atom. The van der Waals surface area contributed by atoms with E-state index in [1.807, 2.05) is 0 Å². The second-order valence-electron chi connectivity index (χ2n) is 11.4. The van der Waals surface area contributed by atoms with Crippen LogP contribution in [0.1, 0.15) is 86.0 Å². The van der Waals surface area contributed by atoms with Crippen molar-refractivity contribution in [1.82, 2.24) is 0 Å². The van der Waals surface area contributed by atoms with E-state index in [-0.39, 0.29) is 6.10 Å². The molecule has 3 fully saturated rings. The highest BCUT2D eigenvalue weighted by atomic mass is 16.3. The topological polar surface area (TPSA) is 20.2 Å². The summed E-state index contributed by atoms with van der Waals surface area (Å²) in [6.07, 6.45) is 17.6. The molecule has 0 aromatic rings. The van der Waals surface area contributed by atoms with E-state index in [1.165, 1.54) is 38.5 Å². The van der Waals surface area contributed by atoms with Crippen molar-refractivity contribution in [3.05, 3.63) is 23.8 Å². The smallest absolute Gasteiger partial charge is 0.0577 e. The first-order valence-corrected chi connectivity index (χ1v) is 11.8. The fourth-order valence-electron chi connectivity index (χ4n) is 8.08. The lowest BCUT2D eigenvalue weighted by Crippen LogP contribution is -2.50. The Hall–Kier alpha value is -0.560. The largest absolute Gasteiger partial charge is 0.393 e. The van der Waals surface area contributed by atoms with E-state index < -0.39 is 0 Å². The molecule has 0 amide bonds. The van der Waals surface area contributed by atoms with Crippen molar-refractivity contribution >= 4 is 0 Å². The van der Waals surface area contributed by atoms with Crippen LogP contribution in [0.2, 0.25) is 0 Å². The van der Waals surface area contributed by atoms with Gasteiger partial charge >= 0.3 is 0 Å². The summed E-state index contributed by atoms with van der Waals surface area (Å²) < 4.78 is 0. The fourth-order valence-corrected chi connectivity index (χ4v) is 8.08. The molecule has 0 bridgehead atoms. The quantitative estimate of drug-likeness (QED) is 0.543. The third kappa shape index (κ3) is 3.17. The first-order chi connectivity index (χ1) is 12.8. The molecule has 4 rings (SSSR count). The number of aliphatic hydroxyl groups is 1. The number of fused-ring (bicyclic) bond motifs is 5. The maximum Gasteiger partial charge on any atom is 0.0577 e. The van der Waals surface area contributed by atoms with E-state index in [1.54, 1.807) is 5.57 Å². The summed E-state index contributed by atoms with van der Waals surface area (Å²) in [5, 5.41) is 10.2. The van der Waals surface area contributed by atoms with Crippen LogP contribution < -0.4 is 0 Å².